The Balaban J connectivity index is 2.10. The van der Waals surface area contributed by atoms with E-state index in [2.05, 4.69) is 5.32 Å². The fourth-order valence-electron chi connectivity index (χ4n) is 2.59. The van der Waals surface area contributed by atoms with Crippen molar-refractivity contribution in [1.29, 1.82) is 0 Å². The number of nitrogens with one attached hydrogen (secondary N) is 1. The summed E-state index contributed by atoms with van der Waals surface area (Å²) in [7, 11) is 1.88. The van der Waals surface area contributed by atoms with Gasteiger partial charge >= 0.3 is 0 Å². The SMILES string of the molecule is CNCC1CCN(C(=O)c2cc([N+](=O)[O-])ccc2F)CC1. The van der Waals surface area contributed by atoms with Gasteiger partial charge in [0.05, 0.1) is 10.5 Å². The van der Waals surface area contributed by atoms with Gasteiger partial charge in [-0.05, 0) is 38.4 Å². The Labute approximate surface area is 122 Å². The van der Waals surface area contributed by atoms with Crippen LogP contribution in [-0.2, 0) is 0 Å². The molecule has 1 aromatic rings. The number of hydrogen-bond donors (Lipinski definition) is 1. The first kappa shape index (κ1) is 15.4. The molecule has 1 fully saturated rings. The highest BCUT2D eigenvalue weighted by atomic mass is 19.1. The molecule has 0 aliphatic carbocycles. The van der Waals surface area contributed by atoms with Gasteiger partial charge in [-0.3, -0.25) is 14.9 Å². The van der Waals surface area contributed by atoms with Crippen LogP contribution in [0.25, 0.3) is 0 Å². The highest BCUT2D eigenvalue weighted by Crippen LogP contribution is 2.22. The predicted molar refractivity (Wildman–Crippen MR) is 75.6 cm³/mol. The number of benzene rings is 1. The number of nitrogens with zero attached hydrogens (tertiary/aromatic N) is 2. The number of piperidine rings is 1. The van der Waals surface area contributed by atoms with Gasteiger partial charge in [0.25, 0.3) is 11.6 Å². The number of carbonyl (C=O) groups is 1. The van der Waals surface area contributed by atoms with E-state index in [0.29, 0.717) is 19.0 Å². The van der Waals surface area contributed by atoms with Crippen LogP contribution < -0.4 is 5.32 Å². The van der Waals surface area contributed by atoms with Crippen LogP contribution in [-0.4, -0.2) is 42.4 Å². The zero-order valence-corrected chi connectivity index (χ0v) is 11.8. The van der Waals surface area contributed by atoms with Crippen molar-refractivity contribution in [3.63, 3.8) is 0 Å². The lowest BCUT2D eigenvalue weighted by atomic mass is 9.96. The van der Waals surface area contributed by atoms with Crippen molar-refractivity contribution in [1.82, 2.24) is 10.2 Å². The van der Waals surface area contributed by atoms with E-state index >= 15 is 0 Å². The molecule has 0 spiro atoms. The van der Waals surface area contributed by atoms with Crippen LogP contribution in [0.3, 0.4) is 0 Å². The maximum atomic E-state index is 13.8. The second-order valence-electron chi connectivity index (χ2n) is 5.21. The molecule has 1 amide bonds. The standard InChI is InChI=1S/C14H18FN3O3/c1-16-9-10-4-6-17(7-5-10)14(19)12-8-11(18(20)21)2-3-13(12)15/h2-3,8,10,16H,4-7,9H2,1H3. The minimum atomic E-state index is -0.719. The minimum Gasteiger partial charge on any atom is -0.339 e. The van der Waals surface area contributed by atoms with Crippen LogP contribution in [0.15, 0.2) is 18.2 Å². The molecule has 6 nitrogen and oxygen atoms in total. The number of carbonyl (C=O) groups excluding carboxylic acids is 1. The Morgan fingerprint density at radius 1 is 1.48 bits per heavy atom. The molecule has 1 aliphatic heterocycles. The highest BCUT2D eigenvalue weighted by Gasteiger charge is 2.26. The van der Waals surface area contributed by atoms with E-state index < -0.39 is 16.6 Å². The third-order valence-corrected chi connectivity index (χ3v) is 3.79. The number of rotatable bonds is 4. The topological polar surface area (TPSA) is 75.5 Å². The van der Waals surface area contributed by atoms with Crippen LogP contribution in [0, 0.1) is 21.8 Å². The van der Waals surface area contributed by atoms with Crippen molar-refractivity contribution in [3.05, 3.63) is 39.7 Å². The van der Waals surface area contributed by atoms with Crippen molar-refractivity contribution >= 4 is 11.6 Å². The summed E-state index contributed by atoms with van der Waals surface area (Å²) in [6.45, 7) is 1.99. The third kappa shape index (κ3) is 3.55. The zero-order chi connectivity index (χ0) is 15.4. The van der Waals surface area contributed by atoms with Gasteiger partial charge in [-0.2, -0.15) is 0 Å². The molecule has 0 saturated carbocycles. The zero-order valence-electron chi connectivity index (χ0n) is 11.8. The van der Waals surface area contributed by atoms with E-state index in [0.717, 1.165) is 37.6 Å². The van der Waals surface area contributed by atoms with Crippen molar-refractivity contribution < 1.29 is 14.1 Å². The average molecular weight is 295 g/mol. The van der Waals surface area contributed by atoms with E-state index in [1.165, 1.54) is 0 Å². The number of nitro benzene ring substituents is 1. The Kier molecular flexibility index (Phi) is 4.85. The molecule has 7 heteroatoms. The summed E-state index contributed by atoms with van der Waals surface area (Å²) in [6, 6.07) is 3.04. The van der Waals surface area contributed by atoms with Crippen LogP contribution in [0.1, 0.15) is 23.2 Å². The highest BCUT2D eigenvalue weighted by molar-refractivity contribution is 5.95. The monoisotopic (exact) mass is 295 g/mol. The lowest BCUT2D eigenvalue weighted by molar-refractivity contribution is -0.384. The molecule has 114 valence electrons. The quantitative estimate of drug-likeness (QED) is 0.679. The van der Waals surface area contributed by atoms with Crippen molar-refractivity contribution in [3.8, 4) is 0 Å². The molecule has 1 saturated heterocycles. The molecule has 0 bridgehead atoms. The summed E-state index contributed by atoms with van der Waals surface area (Å²) in [5.74, 6) is -0.684. The van der Waals surface area contributed by atoms with Crippen molar-refractivity contribution in [2.75, 3.05) is 26.7 Å². The van der Waals surface area contributed by atoms with Crippen LogP contribution in [0.4, 0.5) is 10.1 Å². The number of halogens is 1. The summed E-state index contributed by atoms with van der Waals surface area (Å²) in [5, 5.41) is 13.8. The summed E-state index contributed by atoms with van der Waals surface area (Å²) in [4.78, 5) is 24.0. The van der Waals surface area contributed by atoms with Crippen molar-refractivity contribution in [2.45, 2.75) is 12.8 Å². The number of nitro groups is 1. The molecule has 1 N–H and O–H groups in total. The summed E-state index contributed by atoms with van der Waals surface area (Å²) in [6.07, 6.45) is 1.70. The smallest absolute Gasteiger partial charge is 0.270 e. The molecular formula is C14H18FN3O3. The van der Waals surface area contributed by atoms with E-state index in [1.807, 2.05) is 7.05 Å². The van der Waals surface area contributed by atoms with Gasteiger partial charge in [0.1, 0.15) is 5.82 Å². The molecule has 0 aromatic heterocycles. The fourth-order valence-corrected chi connectivity index (χ4v) is 2.59. The summed E-state index contributed by atoms with van der Waals surface area (Å²) >= 11 is 0. The number of amides is 1. The van der Waals surface area contributed by atoms with Gasteiger partial charge in [-0.25, -0.2) is 4.39 Å². The lowest BCUT2D eigenvalue weighted by Gasteiger charge is -2.32. The normalized spacial score (nSPS) is 16.0. The Hall–Kier alpha value is -2.02. The van der Waals surface area contributed by atoms with Gasteiger partial charge in [0, 0.05) is 25.2 Å². The molecule has 21 heavy (non-hydrogen) atoms. The Bertz CT molecular complexity index is 542. The summed E-state index contributed by atoms with van der Waals surface area (Å²) < 4.78 is 13.8. The van der Waals surface area contributed by atoms with Gasteiger partial charge in [0.15, 0.2) is 0 Å². The largest absolute Gasteiger partial charge is 0.339 e. The van der Waals surface area contributed by atoms with E-state index in [4.69, 9.17) is 0 Å². The van der Waals surface area contributed by atoms with Crippen molar-refractivity contribution in [2.24, 2.45) is 5.92 Å². The van der Waals surface area contributed by atoms with Crippen LogP contribution in [0.5, 0.6) is 0 Å². The first-order valence-electron chi connectivity index (χ1n) is 6.90. The maximum absolute atomic E-state index is 13.8. The number of hydrogen-bond acceptors (Lipinski definition) is 4. The number of non-ortho nitro benzene ring substituents is 1. The molecular weight excluding hydrogens is 277 g/mol. The molecule has 1 aromatic carbocycles. The molecule has 1 heterocycles. The van der Waals surface area contributed by atoms with Gasteiger partial charge in [-0.15, -0.1) is 0 Å². The van der Waals surface area contributed by atoms with Gasteiger partial charge < -0.3 is 10.2 Å². The first-order valence-corrected chi connectivity index (χ1v) is 6.90. The van der Waals surface area contributed by atoms with E-state index in [-0.39, 0.29) is 11.3 Å². The second-order valence-corrected chi connectivity index (χ2v) is 5.21. The lowest BCUT2D eigenvalue weighted by Crippen LogP contribution is -2.40. The second kappa shape index (κ2) is 6.62. The molecule has 0 unspecified atom stereocenters. The third-order valence-electron chi connectivity index (χ3n) is 3.79. The predicted octanol–water partition coefficient (Wildman–Crippen LogP) is 1.81. The minimum absolute atomic E-state index is 0.226. The van der Waals surface area contributed by atoms with Gasteiger partial charge in [0.2, 0.25) is 0 Å². The molecule has 2 rings (SSSR count). The Morgan fingerprint density at radius 3 is 2.71 bits per heavy atom. The average Bonchev–Trinajstić information content (AvgIpc) is 2.48. The molecule has 0 atom stereocenters. The Morgan fingerprint density at radius 2 is 2.14 bits per heavy atom. The molecule has 1 aliphatic rings. The summed E-state index contributed by atoms with van der Waals surface area (Å²) in [5.41, 5.74) is -0.499. The molecule has 0 radical (unpaired) electrons. The fraction of sp³-hybridized carbons (Fsp3) is 0.500. The van der Waals surface area contributed by atoms with Crippen LogP contribution >= 0.6 is 0 Å². The van der Waals surface area contributed by atoms with E-state index in [9.17, 15) is 19.3 Å². The van der Waals surface area contributed by atoms with E-state index in [1.54, 1.807) is 4.90 Å². The maximum Gasteiger partial charge on any atom is 0.270 e. The van der Waals surface area contributed by atoms with Crippen LogP contribution in [0.2, 0.25) is 0 Å². The first-order chi connectivity index (χ1) is 10.0. The number of likely N-dealkylation sites (tertiary alicyclic amines) is 1. The van der Waals surface area contributed by atoms with Gasteiger partial charge in [-0.1, -0.05) is 0 Å².